The summed E-state index contributed by atoms with van der Waals surface area (Å²) in [6, 6.07) is 9.55. The van der Waals surface area contributed by atoms with Gasteiger partial charge in [0.2, 0.25) is 5.78 Å². The summed E-state index contributed by atoms with van der Waals surface area (Å²) in [5, 5.41) is 3.77. The standard InChI is InChI=1S/C19H12ClNO6/c20-17-10-13(27-21-17)4-6-18(22)25-12-3-5-14-15(9-12)26-16(19(14)23)8-11-2-1-7-24-11/h1-3,5,7-10H,4,6H2/b16-8-. The highest BCUT2D eigenvalue weighted by Crippen LogP contribution is 2.35. The first kappa shape index (κ1) is 17.1. The third kappa shape index (κ3) is 3.78. The number of hydrogen-bond acceptors (Lipinski definition) is 7. The molecule has 0 N–H and O–H groups in total. The molecule has 0 bridgehead atoms. The number of carbonyl (C=O) groups is 2. The van der Waals surface area contributed by atoms with Crippen molar-refractivity contribution in [2.75, 3.05) is 0 Å². The van der Waals surface area contributed by atoms with E-state index >= 15 is 0 Å². The van der Waals surface area contributed by atoms with Gasteiger partial charge in [0.05, 0.1) is 18.2 Å². The van der Waals surface area contributed by atoms with Gasteiger partial charge in [0.25, 0.3) is 0 Å². The molecule has 3 aromatic rings. The fourth-order valence-corrected chi connectivity index (χ4v) is 2.70. The number of rotatable bonds is 5. The Morgan fingerprint density at radius 1 is 1.26 bits per heavy atom. The SMILES string of the molecule is O=C(CCc1cc(Cl)no1)Oc1ccc2c(c1)O/C(=C\c1ccco1)C2=O. The van der Waals surface area contributed by atoms with Gasteiger partial charge in [-0.2, -0.15) is 0 Å². The molecule has 0 saturated heterocycles. The summed E-state index contributed by atoms with van der Waals surface area (Å²) in [6.07, 6.45) is 3.42. The highest BCUT2D eigenvalue weighted by Gasteiger charge is 2.28. The summed E-state index contributed by atoms with van der Waals surface area (Å²) in [6.45, 7) is 0. The molecule has 0 aliphatic carbocycles. The largest absolute Gasteiger partial charge is 0.465 e. The quantitative estimate of drug-likeness (QED) is 0.371. The van der Waals surface area contributed by atoms with Crippen LogP contribution in [-0.4, -0.2) is 16.9 Å². The van der Waals surface area contributed by atoms with Gasteiger partial charge >= 0.3 is 5.97 Å². The van der Waals surface area contributed by atoms with Crippen LogP contribution in [-0.2, 0) is 11.2 Å². The number of aryl methyl sites for hydroxylation is 1. The second-order valence-corrected chi connectivity index (χ2v) is 6.09. The normalized spacial score (nSPS) is 14.3. The summed E-state index contributed by atoms with van der Waals surface area (Å²) >= 11 is 5.65. The Labute approximate surface area is 158 Å². The monoisotopic (exact) mass is 385 g/mol. The first-order chi connectivity index (χ1) is 13.1. The Kier molecular flexibility index (Phi) is 4.52. The second-order valence-electron chi connectivity index (χ2n) is 5.70. The Bertz CT molecular complexity index is 1030. The predicted octanol–water partition coefficient (Wildman–Crippen LogP) is 4.08. The highest BCUT2D eigenvalue weighted by molar-refractivity contribution is 6.29. The summed E-state index contributed by atoms with van der Waals surface area (Å²) < 4.78 is 21.0. The minimum atomic E-state index is -0.460. The van der Waals surface area contributed by atoms with Crippen LogP contribution in [0.15, 0.2) is 57.4 Å². The number of esters is 1. The number of nitrogens with zero attached hydrogens (tertiary/aromatic N) is 1. The molecule has 0 atom stereocenters. The molecule has 2 aromatic heterocycles. The van der Waals surface area contributed by atoms with Crippen molar-refractivity contribution < 1.29 is 28.0 Å². The molecule has 1 aliphatic heterocycles. The molecule has 4 rings (SSSR count). The van der Waals surface area contributed by atoms with Crippen molar-refractivity contribution >= 4 is 29.4 Å². The van der Waals surface area contributed by atoms with Crippen LogP contribution in [0.25, 0.3) is 6.08 Å². The Hall–Kier alpha value is -3.32. The van der Waals surface area contributed by atoms with Crippen molar-refractivity contribution in [3.05, 3.63) is 70.7 Å². The molecule has 136 valence electrons. The second kappa shape index (κ2) is 7.13. The Morgan fingerprint density at radius 3 is 2.89 bits per heavy atom. The van der Waals surface area contributed by atoms with E-state index in [0.717, 1.165) is 0 Å². The molecule has 27 heavy (non-hydrogen) atoms. The lowest BCUT2D eigenvalue weighted by Gasteiger charge is -2.05. The van der Waals surface area contributed by atoms with Crippen LogP contribution in [0.4, 0.5) is 0 Å². The molecule has 0 unspecified atom stereocenters. The van der Waals surface area contributed by atoms with Crippen LogP contribution < -0.4 is 9.47 Å². The zero-order valence-electron chi connectivity index (χ0n) is 13.8. The van der Waals surface area contributed by atoms with E-state index in [1.807, 2.05) is 0 Å². The van der Waals surface area contributed by atoms with Gasteiger partial charge in [-0.25, -0.2) is 0 Å². The number of ketones is 1. The van der Waals surface area contributed by atoms with Crippen molar-refractivity contribution in [2.45, 2.75) is 12.8 Å². The lowest BCUT2D eigenvalue weighted by Crippen LogP contribution is -2.08. The molecule has 7 nitrogen and oxygen atoms in total. The molecular formula is C19H12ClNO6. The number of fused-ring (bicyclic) bond motifs is 1. The van der Waals surface area contributed by atoms with Crippen LogP contribution in [0.1, 0.15) is 28.3 Å². The Balaban J connectivity index is 1.42. The van der Waals surface area contributed by atoms with E-state index in [0.29, 0.717) is 29.3 Å². The van der Waals surface area contributed by atoms with E-state index in [4.69, 9.17) is 30.0 Å². The van der Waals surface area contributed by atoms with Crippen LogP contribution in [0.5, 0.6) is 11.5 Å². The number of aromatic nitrogens is 1. The van der Waals surface area contributed by atoms with Crippen LogP contribution in [0, 0.1) is 0 Å². The zero-order valence-corrected chi connectivity index (χ0v) is 14.6. The maximum atomic E-state index is 12.3. The molecule has 8 heteroatoms. The van der Waals surface area contributed by atoms with Gasteiger partial charge < -0.3 is 18.4 Å². The molecule has 0 fully saturated rings. The average molecular weight is 386 g/mol. The Morgan fingerprint density at radius 2 is 2.15 bits per heavy atom. The summed E-state index contributed by atoms with van der Waals surface area (Å²) in [7, 11) is 0. The van der Waals surface area contributed by atoms with Crippen molar-refractivity contribution in [3.63, 3.8) is 0 Å². The van der Waals surface area contributed by atoms with Crippen molar-refractivity contribution in [1.29, 1.82) is 0 Å². The van der Waals surface area contributed by atoms with Crippen LogP contribution in [0.2, 0.25) is 5.15 Å². The maximum Gasteiger partial charge on any atom is 0.311 e. The van der Waals surface area contributed by atoms with E-state index in [1.165, 1.54) is 24.5 Å². The van der Waals surface area contributed by atoms with E-state index in [1.54, 1.807) is 24.3 Å². The first-order valence-electron chi connectivity index (χ1n) is 8.02. The number of halogens is 1. The molecular weight excluding hydrogens is 374 g/mol. The highest BCUT2D eigenvalue weighted by atomic mass is 35.5. The van der Waals surface area contributed by atoms with Crippen LogP contribution in [0.3, 0.4) is 0 Å². The van der Waals surface area contributed by atoms with Gasteiger partial charge in [-0.3, -0.25) is 9.59 Å². The van der Waals surface area contributed by atoms with Crippen molar-refractivity contribution in [3.8, 4) is 11.5 Å². The lowest BCUT2D eigenvalue weighted by atomic mass is 10.1. The molecule has 1 aromatic carbocycles. The third-order valence-corrected chi connectivity index (χ3v) is 3.97. The third-order valence-electron chi connectivity index (χ3n) is 3.80. The van der Waals surface area contributed by atoms with Crippen molar-refractivity contribution in [2.24, 2.45) is 0 Å². The summed E-state index contributed by atoms with van der Waals surface area (Å²) in [5.74, 6) is 1.02. The number of ether oxygens (including phenoxy) is 2. The smallest absolute Gasteiger partial charge is 0.311 e. The van der Waals surface area contributed by atoms with E-state index in [-0.39, 0.29) is 28.9 Å². The van der Waals surface area contributed by atoms with Gasteiger partial charge in [-0.05, 0) is 24.3 Å². The maximum absolute atomic E-state index is 12.3. The van der Waals surface area contributed by atoms with E-state index < -0.39 is 5.97 Å². The predicted molar refractivity (Wildman–Crippen MR) is 93.6 cm³/mol. The number of furan rings is 1. The first-order valence-corrected chi connectivity index (χ1v) is 8.40. The summed E-state index contributed by atoms with van der Waals surface area (Å²) in [4.78, 5) is 24.3. The van der Waals surface area contributed by atoms with E-state index in [9.17, 15) is 9.59 Å². The van der Waals surface area contributed by atoms with Crippen molar-refractivity contribution in [1.82, 2.24) is 5.16 Å². The average Bonchev–Trinajstić information content (AvgIpc) is 3.36. The number of hydrogen-bond donors (Lipinski definition) is 0. The van der Waals surface area contributed by atoms with E-state index in [2.05, 4.69) is 5.16 Å². The van der Waals surface area contributed by atoms with Crippen LogP contribution >= 0.6 is 11.6 Å². The molecule has 1 aliphatic rings. The van der Waals surface area contributed by atoms with Gasteiger partial charge in [-0.1, -0.05) is 16.8 Å². The molecule has 0 saturated carbocycles. The van der Waals surface area contributed by atoms with Gasteiger partial charge in [0.1, 0.15) is 23.0 Å². The topological polar surface area (TPSA) is 91.8 Å². The fourth-order valence-electron chi connectivity index (χ4n) is 2.55. The zero-order chi connectivity index (χ0) is 18.8. The fraction of sp³-hybridized carbons (Fsp3) is 0.105. The van der Waals surface area contributed by atoms with Gasteiger partial charge in [0.15, 0.2) is 10.9 Å². The lowest BCUT2D eigenvalue weighted by molar-refractivity contribution is -0.134. The number of carbonyl (C=O) groups excluding carboxylic acids is 2. The molecule has 0 amide bonds. The minimum Gasteiger partial charge on any atom is -0.465 e. The minimum absolute atomic E-state index is 0.0893. The summed E-state index contributed by atoms with van der Waals surface area (Å²) in [5.41, 5.74) is 0.393. The number of allylic oxidation sites excluding steroid dienone is 1. The molecule has 0 spiro atoms. The molecule has 0 radical (unpaired) electrons. The molecule has 3 heterocycles. The van der Waals surface area contributed by atoms with Gasteiger partial charge in [0, 0.05) is 24.6 Å². The number of benzene rings is 1. The number of Topliss-reactive ketones (excluding diaryl/α,β-unsaturated/α-hetero) is 1. The van der Waals surface area contributed by atoms with Gasteiger partial charge in [-0.15, -0.1) is 0 Å².